The Hall–Kier alpha value is -1.64. The van der Waals surface area contributed by atoms with Gasteiger partial charge >= 0.3 is 6.01 Å². The molecule has 0 amide bonds. The fourth-order valence-electron chi connectivity index (χ4n) is 1.62. The molecule has 0 spiro atoms. The summed E-state index contributed by atoms with van der Waals surface area (Å²) in [7, 11) is -1.52. The highest BCUT2D eigenvalue weighted by atomic mass is 32.2. The van der Waals surface area contributed by atoms with E-state index in [2.05, 4.69) is 20.3 Å². The average Bonchev–Trinajstić information content (AvgIpc) is 2.57. The molecule has 2 heterocycles. The first-order valence-corrected chi connectivity index (χ1v) is 6.83. The van der Waals surface area contributed by atoms with Crippen molar-refractivity contribution in [2.24, 2.45) is 0 Å². The molecule has 1 fully saturated rings. The molecule has 1 aromatic heterocycles. The average molecular weight is 259 g/mol. The first-order valence-electron chi connectivity index (χ1n) is 5.01. The number of nitrogens with two attached hydrogens (primary N) is 1. The first kappa shape index (κ1) is 11.8. The van der Waals surface area contributed by atoms with E-state index in [1.54, 1.807) is 0 Å². The van der Waals surface area contributed by atoms with Crippen LogP contribution in [0.15, 0.2) is 0 Å². The van der Waals surface area contributed by atoms with Crippen LogP contribution >= 0.6 is 0 Å². The summed E-state index contributed by atoms with van der Waals surface area (Å²) < 4.78 is 27.4. The third kappa shape index (κ3) is 2.93. The largest absolute Gasteiger partial charge is 0.467 e. The Bertz CT molecular complexity index is 518. The molecule has 8 nitrogen and oxygen atoms in total. The van der Waals surface area contributed by atoms with Gasteiger partial charge in [-0.25, -0.2) is 8.42 Å². The zero-order valence-electron chi connectivity index (χ0n) is 9.25. The molecule has 0 aliphatic carbocycles. The van der Waals surface area contributed by atoms with Crippen LogP contribution in [0.2, 0.25) is 0 Å². The van der Waals surface area contributed by atoms with Crippen LogP contribution in [0.5, 0.6) is 6.01 Å². The van der Waals surface area contributed by atoms with Crippen molar-refractivity contribution in [2.75, 3.05) is 29.7 Å². The van der Waals surface area contributed by atoms with E-state index in [0.29, 0.717) is 6.42 Å². The molecule has 1 atom stereocenters. The summed E-state index contributed by atoms with van der Waals surface area (Å²) in [6, 6.07) is -0.0904. The van der Waals surface area contributed by atoms with Gasteiger partial charge in [-0.15, -0.1) is 0 Å². The molecule has 3 N–H and O–H groups in total. The third-order valence-electron chi connectivity index (χ3n) is 2.38. The van der Waals surface area contributed by atoms with Gasteiger partial charge in [0.15, 0.2) is 9.84 Å². The highest BCUT2D eigenvalue weighted by Gasteiger charge is 2.28. The molecule has 94 valence electrons. The van der Waals surface area contributed by atoms with Crippen molar-refractivity contribution in [3.63, 3.8) is 0 Å². The van der Waals surface area contributed by atoms with Gasteiger partial charge in [0.05, 0.1) is 18.6 Å². The molecule has 0 aromatic carbocycles. The summed E-state index contributed by atoms with van der Waals surface area (Å²) >= 11 is 0. The number of ether oxygens (including phenoxy) is 1. The molecular formula is C8H13N5O3S. The number of hydrogen-bond donors (Lipinski definition) is 2. The van der Waals surface area contributed by atoms with Gasteiger partial charge in [0, 0.05) is 6.04 Å². The summed E-state index contributed by atoms with van der Waals surface area (Å²) in [5, 5.41) is 2.91. The molecule has 9 heteroatoms. The Kier molecular flexibility index (Phi) is 3.01. The first-order chi connectivity index (χ1) is 7.98. The van der Waals surface area contributed by atoms with Crippen molar-refractivity contribution in [2.45, 2.75) is 12.5 Å². The molecule has 0 radical (unpaired) electrons. The lowest BCUT2D eigenvalue weighted by Gasteiger charge is -2.10. The van der Waals surface area contributed by atoms with E-state index in [1.165, 1.54) is 7.11 Å². The predicted octanol–water partition coefficient (Wildman–Crippen LogP) is -0.939. The predicted molar refractivity (Wildman–Crippen MR) is 61.5 cm³/mol. The van der Waals surface area contributed by atoms with Gasteiger partial charge in [-0.3, -0.25) is 0 Å². The lowest BCUT2D eigenvalue weighted by atomic mass is 10.3. The van der Waals surface area contributed by atoms with E-state index in [9.17, 15) is 8.42 Å². The Labute approximate surface area is 98.5 Å². The second-order valence-electron chi connectivity index (χ2n) is 3.75. The maximum absolute atomic E-state index is 11.3. The number of nitrogens with one attached hydrogen (secondary N) is 1. The van der Waals surface area contributed by atoms with Gasteiger partial charge in [0.1, 0.15) is 0 Å². The third-order valence-corrected chi connectivity index (χ3v) is 4.15. The van der Waals surface area contributed by atoms with Crippen LogP contribution in [0.25, 0.3) is 0 Å². The lowest BCUT2D eigenvalue weighted by Crippen LogP contribution is -2.22. The van der Waals surface area contributed by atoms with Crippen molar-refractivity contribution in [3.05, 3.63) is 0 Å². The highest BCUT2D eigenvalue weighted by Crippen LogP contribution is 2.16. The molecule has 0 bridgehead atoms. The molecule has 2 rings (SSSR count). The van der Waals surface area contributed by atoms with Crippen LogP contribution in [0.1, 0.15) is 6.42 Å². The maximum Gasteiger partial charge on any atom is 0.322 e. The fourth-order valence-corrected chi connectivity index (χ4v) is 3.29. The number of aromatic nitrogens is 3. The molecular weight excluding hydrogens is 246 g/mol. The van der Waals surface area contributed by atoms with Crippen molar-refractivity contribution < 1.29 is 13.2 Å². The smallest absolute Gasteiger partial charge is 0.322 e. The second kappa shape index (κ2) is 4.32. The summed E-state index contributed by atoms with van der Waals surface area (Å²) in [6.45, 7) is 0. The molecule has 17 heavy (non-hydrogen) atoms. The van der Waals surface area contributed by atoms with Gasteiger partial charge in [-0.1, -0.05) is 0 Å². The minimum absolute atomic E-state index is 0.0280. The summed E-state index contributed by atoms with van der Waals surface area (Å²) in [4.78, 5) is 11.5. The van der Waals surface area contributed by atoms with E-state index in [0.717, 1.165) is 0 Å². The Morgan fingerprint density at radius 2 is 2.18 bits per heavy atom. The minimum Gasteiger partial charge on any atom is -0.467 e. The van der Waals surface area contributed by atoms with Gasteiger partial charge in [0.25, 0.3) is 0 Å². The lowest BCUT2D eigenvalue weighted by molar-refractivity contribution is 0.379. The van der Waals surface area contributed by atoms with E-state index < -0.39 is 9.84 Å². The normalized spacial score (nSPS) is 22.3. The Balaban J connectivity index is 2.11. The van der Waals surface area contributed by atoms with Gasteiger partial charge in [-0.05, 0) is 6.42 Å². The number of rotatable bonds is 3. The maximum atomic E-state index is 11.3. The minimum atomic E-state index is -2.94. The zero-order valence-corrected chi connectivity index (χ0v) is 10.1. The van der Waals surface area contributed by atoms with Gasteiger partial charge in [0.2, 0.25) is 11.9 Å². The van der Waals surface area contributed by atoms with Crippen molar-refractivity contribution >= 4 is 21.7 Å². The highest BCUT2D eigenvalue weighted by molar-refractivity contribution is 7.91. The van der Waals surface area contributed by atoms with Crippen LogP contribution in [-0.4, -0.2) is 48.0 Å². The van der Waals surface area contributed by atoms with Crippen LogP contribution in [-0.2, 0) is 9.84 Å². The van der Waals surface area contributed by atoms with E-state index in [-0.39, 0.29) is 35.5 Å². The number of methoxy groups -OCH3 is 1. The number of hydrogen-bond acceptors (Lipinski definition) is 8. The van der Waals surface area contributed by atoms with Gasteiger partial charge < -0.3 is 15.8 Å². The molecule has 1 aromatic rings. The summed E-state index contributed by atoms with van der Waals surface area (Å²) in [5.41, 5.74) is 5.46. The molecule has 1 saturated heterocycles. The fraction of sp³-hybridized carbons (Fsp3) is 0.625. The van der Waals surface area contributed by atoms with E-state index in [1.807, 2.05) is 0 Å². The SMILES string of the molecule is COc1nc(N)nc(NC2CCS(=O)(=O)C2)n1. The molecule has 1 aliphatic rings. The number of sulfone groups is 1. The van der Waals surface area contributed by atoms with Crippen LogP contribution in [0, 0.1) is 0 Å². The van der Waals surface area contributed by atoms with Crippen LogP contribution < -0.4 is 15.8 Å². The van der Waals surface area contributed by atoms with E-state index in [4.69, 9.17) is 10.5 Å². The topological polar surface area (TPSA) is 120 Å². The second-order valence-corrected chi connectivity index (χ2v) is 5.98. The van der Waals surface area contributed by atoms with Crippen LogP contribution in [0.3, 0.4) is 0 Å². The molecule has 1 aliphatic heterocycles. The van der Waals surface area contributed by atoms with E-state index >= 15 is 0 Å². The number of anilines is 2. The van der Waals surface area contributed by atoms with Crippen LogP contribution in [0.4, 0.5) is 11.9 Å². The van der Waals surface area contributed by atoms with Gasteiger partial charge in [-0.2, -0.15) is 15.0 Å². The number of nitrogen functional groups attached to an aromatic ring is 1. The molecule has 0 saturated carbocycles. The number of nitrogens with zero attached hydrogens (tertiary/aromatic N) is 3. The summed E-state index contributed by atoms with van der Waals surface area (Å²) in [5.74, 6) is 0.528. The van der Waals surface area contributed by atoms with Crippen molar-refractivity contribution in [3.8, 4) is 6.01 Å². The monoisotopic (exact) mass is 259 g/mol. The Morgan fingerprint density at radius 3 is 2.76 bits per heavy atom. The van der Waals surface area contributed by atoms with Crippen molar-refractivity contribution in [1.29, 1.82) is 0 Å². The Morgan fingerprint density at radius 1 is 1.41 bits per heavy atom. The quantitative estimate of drug-likeness (QED) is 0.713. The van der Waals surface area contributed by atoms with Crippen molar-refractivity contribution in [1.82, 2.24) is 15.0 Å². The molecule has 1 unspecified atom stereocenters. The standard InChI is InChI=1S/C8H13N5O3S/c1-16-8-12-6(9)11-7(13-8)10-5-2-3-17(14,15)4-5/h5H,2-4H2,1H3,(H3,9,10,11,12,13). The zero-order chi connectivity index (χ0) is 12.5. The summed E-state index contributed by atoms with van der Waals surface area (Å²) in [6.07, 6.45) is 0.538.